The van der Waals surface area contributed by atoms with E-state index in [1.807, 2.05) is 37.3 Å². The molecule has 26 heavy (non-hydrogen) atoms. The maximum absolute atomic E-state index is 13.2. The molecule has 134 valence electrons. The Bertz CT molecular complexity index is 1030. The molecular weight excluding hydrogens is 348 g/mol. The Hall–Kier alpha value is -2.51. The molecule has 2 aromatic heterocycles. The molecule has 4 rings (SSSR count). The van der Waals surface area contributed by atoms with Crippen LogP contribution in [-0.4, -0.2) is 48.9 Å². The summed E-state index contributed by atoms with van der Waals surface area (Å²) in [5.41, 5.74) is 1.54. The Balaban J connectivity index is 1.61. The number of nitrogens with zero attached hydrogens (tertiary/aromatic N) is 4. The highest BCUT2D eigenvalue weighted by molar-refractivity contribution is 7.89. The number of rotatable bonds is 3. The van der Waals surface area contributed by atoms with E-state index in [4.69, 9.17) is 0 Å². The first-order chi connectivity index (χ1) is 12.6. The van der Waals surface area contributed by atoms with Gasteiger partial charge in [-0.1, -0.05) is 18.2 Å². The molecule has 1 fully saturated rings. The molecular formula is C19H20N4O2S. The SMILES string of the molecule is Cc1cnc2c(S(=O)(=O)N3CCN(c4ccccn4)CC3)cccc2c1. The van der Waals surface area contributed by atoms with E-state index in [-0.39, 0.29) is 4.90 Å². The molecule has 0 spiro atoms. The van der Waals surface area contributed by atoms with E-state index in [2.05, 4.69) is 14.9 Å². The molecule has 1 saturated heterocycles. The van der Waals surface area contributed by atoms with Crippen LogP contribution in [0.25, 0.3) is 10.9 Å². The average molecular weight is 368 g/mol. The van der Waals surface area contributed by atoms with Gasteiger partial charge < -0.3 is 4.90 Å². The van der Waals surface area contributed by atoms with E-state index < -0.39 is 10.0 Å². The minimum absolute atomic E-state index is 0.279. The van der Waals surface area contributed by atoms with Crippen LogP contribution < -0.4 is 4.90 Å². The first-order valence-electron chi connectivity index (χ1n) is 8.57. The van der Waals surface area contributed by atoms with Gasteiger partial charge in [0.15, 0.2) is 0 Å². The highest BCUT2D eigenvalue weighted by Gasteiger charge is 2.30. The lowest BCUT2D eigenvalue weighted by molar-refractivity contribution is 0.384. The Morgan fingerprint density at radius 2 is 1.77 bits per heavy atom. The van der Waals surface area contributed by atoms with Gasteiger partial charge in [0.25, 0.3) is 0 Å². The number of para-hydroxylation sites is 1. The van der Waals surface area contributed by atoms with Gasteiger partial charge in [0.05, 0.1) is 5.52 Å². The van der Waals surface area contributed by atoms with E-state index in [0.717, 1.165) is 16.8 Å². The highest BCUT2D eigenvalue weighted by Crippen LogP contribution is 2.26. The van der Waals surface area contributed by atoms with E-state index in [9.17, 15) is 8.42 Å². The zero-order valence-corrected chi connectivity index (χ0v) is 15.4. The molecule has 1 aliphatic heterocycles. The fraction of sp³-hybridized carbons (Fsp3) is 0.263. The van der Waals surface area contributed by atoms with Crippen LogP contribution in [0.2, 0.25) is 0 Å². The summed E-state index contributed by atoms with van der Waals surface area (Å²) in [5.74, 6) is 0.881. The topological polar surface area (TPSA) is 66.4 Å². The van der Waals surface area contributed by atoms with E-state index >= 15 is 0 Å². The molecule has 1 aromatic carbocycles. The van der Waals surface area contributed by atoms with E-state index in [1.165, 1.54) is 0 Å². The van der Waals surface area contributed by atoms with Crippen LogP contribution in [0, 0.1) is 6.92 Å². The third kappa shape index (κ3) is 3.04. The first-order valence-corrected chi connectivity index (χ1v) is 10.0. The Kier molecular flexibility index (Phi) is 4.34. The summed E-state index contributed by atoms with van der Waals surface area (Å²) >= 11 is 0. The second-order valence-corrected chi connectivity index (χ2v) is 8.33. The number of sulfonamides is 1. The Labute approximate surface area is 153 Å². The number of aromatic nitrogens is 2. The second kappa shape index (κ2) is 6.66. The zero-order chi connectivity index (χ0) is 18.1. The maximum Gasteiger partial charge on any atom is 0.245 e. The molecule has 3 heterocycles. The molecule has 7 heteroatoms. The number of hydrogen-bond donors (Lipinski definition) is 0. The van der Waals surface area contributed by atoms with Crippen molar-refractivity contribution in [2.45, 2.75) is 11.8 Å². The fourth-order valence-electron chi connectivity index (χ4n) is 3.29. The number of piperazine rings is 1. The van der Waals surface area contributed by atoms with Gasteiger partial charge >= 0.3 is 0 Å². The van der Waals surface area contributed by atoms with Gasteiger partial charge in [0, 0.05) is 44.0 Å². The summed E-state index contributed by atoms with van der Waals surface area (Å²) in [5, 5.41) is 0.846. The minimum Gasteiger partial charge on any atom is -0.354 e. The summed E-state index contributed by atoms with van der Waals surface area (Å²) < 4.78 is 27.9. The van der Waals surface area contributed by atoms with Crippen molar-refractivity contribution < 1.29 is 8.42 Å². The Morgan fingerprint density at radius 1 is 0.962 bits per heavy atom. The molecule has 0 amide bonds. The lowest BCUT2D eigenvalue weighted by Gasteiger charge is -2.34. The number of benzene rings is 1. The first kappa shape index (κ1) is 16.9. The quantitative estimate of drug-likeness (QED) is 0.710. The summed E-state index contributed by atoms with van der Waals surface area (Å²) in [4.78, 5) is 11.1. The van der Waals surface area contributed by atoms with Crippen LogP contribution in [0.15, 0.2) is 59.8 Å². The van der Waals surface area contributed by atoms with Gasteiger partial charge in [0.2, 0.25) is 10.0 Å². The maximum atomic E-state index is 13.2. The lowest BCUT2D eigenvalue weighted by Crippen LogP contribution is -2.48. The minimum atomic E-state index is -3.58. The van der Waals surface area contributed by atoms with Crippen molar-refractivity contribution in [1.82, 2.24) is 14.3 Å². The monoisotopic (exact) mass is 368 g/mol. The van der Waals surface area contributed by atoms with Crippen LogP contribution in [0.5, 0.6) is 0 Å². The third-order valence-electron chi connectivity index (χ3n) is 4.64. The molecule has 3 aromatic rings. The standard InChI is InChI=1S/C19H20N4O2S/c1-15-13-16-5-4-6-17(19(16)21-14-15)26(24,25)23-11-9-22(10-12-23)18-7-2-3-8-20-18/h2-8,13-14H,9-12H2,1H3. The van der Waals surface area contributed by atoms with Crippen LogP contribution in [0.1, 0.15) is 5.56 Å². The number of hydrogen-bond acceptors (Lipinski definition) is 5. The van der Waals surface area contributed by atoms with Crippen LogP contribution in [0.4, 0.5) is 5.82 Å². The van der Waals surface area contributed by atoms with Crippen molar-refractivity contribution in [1.29, 1.82) is 0 Å². The molecule has 6 nitrogen and oxygen atoms in total. The third-order valence-corrected chi connectivity index (χ3v) is 6.57. The van der Waals surface area contributed by atoms with Crippen LogP contribution in [-0.2, 0) is 10.0 Å². The van der Waals surface area contributed by atoms with Crippen molar-refractivity contribution >= 4 is 26.7 Å². The number of pyridine rings is 2. The van der Waals surface area contributed by atoms with Crippen molar-refractivity contribution in [3.05, 3.63) is 60.4 Å². The summed E-state index contributed by atoms with van der Waals surface area (Å²) in [6.07, 6.45) is 3.46. The van der Waals surface area contributed by atoms with Crippen LogP contribution in [0.3, 0.4) is 0 Å². The fourth-order valence-corrected chi connectivity index (χ4v) is 4.88. The van der Waals surface area contributed by atoms with Crippen molar-refractivity contribution in [2.75, 3.05) is 31.1 Å². The van der Waals surface area contributed by atoms with Gasteiger partial charge in [-0.05, 0) is 36.8 Å². The smallest absolute Gasteiger partial charge is 0.245 e. The molecule has 0 saturated carbocycles. The second-order valence-electron chi connectivity index (χ2n) is 6.42. The highest BCUT2D eigenvalue weighted by atomic mass is 32.2. The number of aryl methyl sites for hydroxylation is 1. The summed E-state index contributed by atoms with van der Waals surface area (Å²) in [7, 11) is -3.58. The van der Waals surface area contributed by atoms with Gasteiger partial charge in [-0.25, -0.2) is 13.4 Å². The molecule has 0 N–H and O–H groups in total. The lowest BCUT2D eigenvalue weighted by atomic mass is 10.2. The summed E-state index contributed by atoms with van der Waals surface area (Å²) in [6.45, 7) is 4.05. The molecule has 1 aliphatic rings. The predicted octanol–water partition coefficient (Wildman–Crippen LogP) is 2.45. The molecule has 0 radical (unpaired) electrons. The normalized spacial score (nSPS) is 16.1. The largest absolute Gasteiger partial charge is 0.354 e. The van der Waals surface area contributed by atoms with Crippen LogP contribution >= 0.6 is 0 Å². The molecule has 0 unspecified atom stereocenters. The van der Waals surface area contributed by atoms with Gasteiger partial charge in [0.1, 0.15) is 10.7 Å². The van der Waals surface area contributed by atoms with Gasteiger partial charge in [-0.15, -0.1) is 0 Å². The Morgan fingerprint density at radius 3 is 2.50 bits per heavy atom. The van der Waals surface area contributed by atoms with Crippen molar-refractivity contribution in [3.63, 3.8) is 0 Å². The van der Waals surface area contributed by atoms with E-state index in [0.29, 0.717) is 31.7 Å². The molecule has 0 bridgehead atoms. The predicted molar refractivity (Wildman–Crippen MR) is 102 cm³/mol. The summed E-state index contributed by atoms with van der Waals surface area (Å²) in [6, 6.07) is 13.0. The molecule has 0 aliphatic carbocycles. The van der Waals surface area contributed by atoms with E-state index in [1.54, 1.807) is 28.8 Å². The molecule has 0 atom stereocenters. The number of anilines is 1. The average Bonchev–Trinajstić information content (AvgIpc) is 2.68. The van der Waals surface area contributed by atoms with Gasteiger partial charge in [-0.3, -0.25) is 4.98 Å². The number of fused-ring (bicyclic) bond motifs is 1. The van der Waals surface area contributed by atoms with Gasteiger partial charge in [-0.2, -0.15) is 4.31 Å². The van der Waals surface area contributed by atoms with Crippen molar-refractivity contribution in [3.8, 4) is 0 Å². The van der Waals surface area contributed by atoms with Crippen molar-refractivity contribution in [2.24, 2.45) is 0 Å². The zero-order valence-electron chi connectivity index (χ0n) is 14.5.